The second kappa shape index (κ2) is 7.67. The number of hydrogen-bond acceptors (Lipinski definition) is 5. The topological polar surface area (TPSA) is 92.8 Å². The van der Waals surface area contributed by atoms with Gasteiger partial charge in [0, 0.05) is 30.0 Å². The van der Waals surface area contributed by atoms with Gasteiger partial charge in [0.25, 0.3) is 5.91 Å². The van der Waals surface area contributed by atoms with E-state index in [4.69, 9.17) is 10.5 Å². The van der Waals surface area contributed by atoms with Crippen LogP contribution < -0.4 is 10.2 Å². The van der Waals surface area contributed by atoms with Gasteiger partial charge in [0.2, 0.25) is 0 Å². The Bertz CT molecular complexity index is 909. The minimum Gasteiger partial charge on any atom is -0.354 e. The molecule has 1 aromatic carbocycles. The fraction of sp³-hybridized carbons (Fsp3) is 0.300. The highest BCUT2D eigenvalue weighted by molar-refractivity contribution is 6.04. The molecule has 1 aliphatic rings. The molecular weight excluding hydrogens is 326 g/mol. The van der Waals surface area contributed by atoms with Crippen LogP contribution in [0.1, 0.15) is 47.7 Å². The number of benzene rings is 1. The molecule has 0 aliphatic carbocycles. The maximum atomic E-state index is 12.6. The Morgan fingerprint density at radius 2 is 2.00 bits per heavy atom. The molecule has 0 bridgehead atoms. The summed E-state index contributed by atoms with van der Waals surface area (Å²) in [4.78, 5) is 19.2. The molecular formula is C20H19N5O. The van der Waals surface area contributed by atoms with E-state index in [1.54, 1.807) is 24.4 Å². The number of piperidine rings is 1. The first-order chi connectivity index (χ1) is 12.6. The highest BCUT2D eigenvalue weighted by Crippen LogP contribution is 2.24. The van der Waals surface area contributed by atoms with Crippen LogP contribution in [0.25, 0.3) is 0 Å². The predicted octanol–water partition coefficient (Wildman–Crippen LogP) is 3.46. The molecule has 3 rings (SSSR count). The number of hydrogen-bond donors (Lipinski definition) is 1. The normalized spacial score (nSPS) is 16.4. The molecule has 26 heavy (non-hydrogen) atoms. The molecule has 0 spiro atoms. The van der Waals surface area contributed by atoms with Crippen molar-refractivity contribution in [3.05, 3.63) is 53.2 Å². The molecule has 2 heterocycles. The number of nitrogens with one attached hydrogen (secondary N) is 1. The van der Waals surface area contributed by atoms with E-state index in [1.165, 1.54) is 18.6 Å². The van der Waals surface area contributed by atoms with Crippen LogP contribution in [0, 0.1) is 22.7 Å². The SMILES string of the molecule is CC1CCCCN1c1cc(C(=O)Nc2ccc(C#N)c(C#N)c2)ccn1. The lowest BCUT2D eigenvalue weighted by Gasteiger charge is -2.34. The Labute approximate surface area is 152 Å². The van der Waals surface area contributed by atoms with Crippen LogP contribution in [0.4, 0.5) is 11.5 Å². The van der Waals surface area contributed by atoms with Gasteiger partial charge in [0.15, 0.2) is 0 Å². The second-order valence-electron chi connectivity index (χ2n) is 6.38. The number of carbonyl (C=O) groups is 1. The number of nitriles is 2. The van der Waals surface area contributed by atoms with Crippen molar-refractivity contribution in [2.24, 2.45) is 0 Å². The lowest BCUT2D eigenvalue weighted by molar-refractivity contribution is 0.102. The van der Waals surface area contributed by atoms with Crippen molar-refractivity contribution in [3.63, 3.8) is 0 Å². The zero-order chi connectivity index (χ0) is 18.5. The molecule has 1 atom stereocenters. The van der Waals surface area contributed by atoms with Gasteiger partial charge < -0.3 is 10.2 Å². The van der Waals surface area contributed by atoms with Gasteiger partial charge in [-0.2, -0.15) is 10.5 Å². The summed E-state index contributed by atoms with van der Waals surface area (Å²) in [6.07, 6.45) is 5.12. The van der Waals surface area contributed by atoms with Crippen molar-refractivity contribution in [1.82, 2.24) is 4.98 Å². The molecule has 0 radical (unpaired) electrons. The molecule has 0 saturated carbocycles. The summed E-state index contributed by atoms with van der Waals surface area (Å²) in [5.41, 5.74) is 1.52. The highest BCUT2D eigenvalue weighted by Gasteiger charge is 2.20. The predicted molar refractivity (Wildman–Crippen MR) is 98.7 cm³/mol. The van der Waals surface area contributed by atoms with E-state index in [2.05, 4.69) is 22.1 Å². The van der Waals surface area contributed by atoms with Gasteiger partial charge in [0.05, 0.1) is 11.1 Å². The number of nitrogens with zero attached hydrogens (tertiary/aromatic N) is 4. The van der Waals surface area contributed by atoms with Crippen LogP contribution in [0.15, 0.2) is 36.5 Å². The summed E-state index contributed by atoms with van der Waals surface area (Å²) < 4.78 is 0. The molecule has 2 aromatic rings. The van der Waals surface area contributed by atoms with Gasteiger partial charge in [-0.05, 0) is 56.5 Å². The molecule has 1 fully saturated rings. The third kappa shape index (κ3) is 3.65. The van der Waals surface area contributed by atoms with Gasteiger partial charge in [-0.25, -0.2) is 4.98 Å². The van der Waals surface area contributed by atoms with Gasteiger partial charge in [-0.3, -0.25) is 4.79 Å². The van der Waals surface area contributed by atoms with E-state index in [0.29, 0.717) is 17.3 Å². The first-order valence-corrected chi connectivity index (χ1v) is 8.60. The molecule has 130 valence electrons. The summed E-state index contributed by atoms with van der Waals surface area (Å²) in [7, 11) is 0. The Balaban J connectivity index is 1.80. The zero-order valence-electron chi connectivity index (χ0n) is 14.6. The quantitative estimate of drug-likeness (QED) is 0.919. The molecule has 1 saturated heterocycles. The van der Waals surface area contributed by atoms with Crippen molar-refractivity contribution in [3.8, 4) is 12.1 Å². The number of aromatic nitrogens is 1. The Kier molecular flexibility index (Phi) is 5.15. The van der Waals surface area contributed by atoms with E-state index in [1.807, 2.05) is 12.1 Å². The maximum Gasteiger partial charge on any atom is 0.255 e. The monoisotopic (exact) mass is 345 g/mol. The van der Waals surface area contributed by atoms with E-state index in [9.17, 15) is 4.79 Å². The lowest BCUT2D eigenvalue weighted by atomic mass is 10.0. The van der Waals surface area contributed by atoms with Gasteiger partial charge >= 0.3 is 0 Å². The van der Waals surface area contributed by atoms with Gasteiger partial charge in [0.1, 0.15) is 18.0 Å². The Hall–Kier alpha value is -3.38. The van der Waals surface area contributed by atoms with Crippen molar-refractivity contribution in [2.45, 2.75) is 32.2 Å². The average molecular weight is 345 g/mol. The molecule has 6 nitrogen and oxygen atoms in total. The van der Waals surface area contributed by atoms with Crippen LogP contribution in [0.2, 0.25) is 0 Å². The van der Waals surface area contributed by atoms with Gasteiger partial charge in [-0.1, -0.05) is 0 Å². The summed E-state index contributed by atoms with van der Waals surface area (Å²) in [5, 5.41) is 20.9. The first kappa shape index (κ1) is 17.4. The molecule has 1 aromatic heterocycles. The minimum absolute atomic E-state index is 0.239. The highest BCUT2D eigenvalue weighted by atomic mass is 16.1. The largest absolute Gasteiger partial charge is 0.354 e. The molecule has 1 N–H and O–H groups in total. The number of anilines is 2. The van der Waals surface area contributed by atoms with Crippen molar-refractivity contribution in [2.75, 3.05) is 16.8 Å². The van der Waals surface area contributed by atoms with Crippen LogP contribution in [-0.2, 0) is 0 Å². The fourth-order valence-electron chi connectivity index (χ4n) is 3.17. The third-order valence-corrected chi connectivity index (χ3v) is 4.62. The average Bonchev–Trinajstić information content (AvgIpc) is 2.68. The fourth-order valence-corrected chi connectivity index (χ4v) is 3.17. The van der Waals surface area contributed by atoms with Crippen LogP contribution in [-0.4, -0.2) is 23.5 Å². The van der Waals surface area contributed by atoms with Crippen molar-refractivity contribution < 1.29 is 4.79 Å². The molecule has 1 unspecified atom stereocenters. The van der Waals surface area contributed by atoms with E-state index in [-0.39, 0.29) is 17.0 Å². The lowest BCUT2D eigenvalue weighted by Crippen LogP contribution is -2.38. The molecule has 1 aliphatic heterocycles. The Morgan fingerprint density at radius 1 is 1.19 bits per heavy atom. The first-order valence-electron chi connectivity index (χ1n) is 8.60. The Morgan fingerprint density at radius 3 is 2.73 bits per heavy atom. The van der Waals surface area contributed by atoms with E-state index >= 15 is 0 Å². The summed E-state index contributed by atoms with van der Waals surface area (Å²) in [6, 6.07) is 12.5. The summed E-state index contributed by atoms with van der Waals surface area (Å²) in [5.74, 6) is 0.536. The van der Waals surface area contributed by atoms with Crippen LogP contribution in [0.3, 0.4) is 0 Å². The summed E-state index contributed by atoms with van der Waals surface area (Å²) in [6.45, 7) is 3.12. The van der Waals surface area contributed by atoms with Gasteiger partial charge in [-0.15, -0.1) is 0 Å². The zero-order valence-corrected chi connectivity index (χ0v) is 14.6. The van der Waals surface area contributed by atoms with Crippen LogP contribution >= 0.6 is 0 Å². The number of carbonyl (C=O) groups excluding carboxylic acids is 1. The van der Waals surface area contributed by atoms with Crippen molar-refractivity contribution >= 4 is 17.4 Å². The third-order valence-electron chi connectivity index (χ3n) is 4.62. The molecule has 1 amide bonds. The second-order valence-corrected chi connectivity index (χ2v) is 6.38. The van der Waals surface area contributed by atoms with E-state index < -0.39 is 0 Å². The van der Waals surface area contributed by atoms with E-state index in [0.717, 1.165) is 25.2 Å². The number of amides is 1. The number of rotatable bonds is 3. The van der Waals surface area contributed by atoms with Crippen LogP contribution in [0.5, 0.6) is 0 Å². The molecule has 6 heteroatoms. The standard InChI is InChI=1S/C20H19N5O/c1-14-4-2-3-9-25(14)19-11-15(7-8-23-19)20(26)24-18-6-5-16(12-21)17(10-18)13-22/h5-8,10-11,14H,2-4,9H2,1H3,(H,24,26). The maximum absolute atomic E-state index is 12.6. The smallest absolute Gasteiger partial charge is 0.255 e. The van der Waals surface area contributed by atoms with Crippen molar-refractivity contribution in [1.29, 1.82) is 10.5 Å². The number of pyridine rings is 1. The minimum atomic E-state index is -0.271. The summed E-state index contributed by atoms with van der Waals surface area (Å²) >= 11 is 0.